The lowest BCUT2D eigenvalue weighted by Gasteiger charge is -2.15. The minimum absolute atomic E-state index is 0.0918. The molecular weight excluding hydrogens is 294 g/mol. The molecular formula is C17H21N3O3. The second-order valence-corrected chi connectivity index (χ2v) is 5.62. The number of carbonyl (C=O) groups is 2. The van der Waals surface area contributed by atoms with E-state index in [1.165, 1.54) is 6.26 Å². The van der Waals surface area contributed by atoms with Gasteiger partial charge >= 0.3 is 0 Å². The molecule has 2 aromatic rings. The van der Waals surface area contributed by atoms with Gasteiger partial charge in [0.25, 0.3) is 5.91 Å². The predicted molar refractivity (Wildman–Crippen MR) is 87.8 cm³/mol. The highest BCUT2D eigenvalue weighted by Gasteiger charge is 2.16. The summed E-state index contributed by atoms with van der Waals surface area (Å²) in [7, 11) is 0. The van der Waals surface area contributed by atoms with Crippen LogP contribution in [0.15, 0.2) is 47.1 Å². The molecule has 0 radical (unpaired) electrons. The Hall–Kier alpha value is -2.60. The fraction of sp³-hybridized carbons (Fsp3) is 0.294. The van der Waals surface area contributed by atoms with E-state index in [0.29, 0.717) is 12.2 Å². The minimum Gasteiger partial charge on any atom is -0.459 e. The van der Waals surface area contributed by atoms with E-state index in [-0.39, 0.29) is 23.5 Å². The van der Waals surface area contributed by atoms with E-state index in [2.05, 4.69) is 10.6 Å². The van der Waals surface area contributed by atoms with Gasteiger partial charge in [-0.15, -0.1) is 0 Å². The second kappa shape index (κ2) is 7.60. The van der Waals surface area contributed by atoms with Crippen molar-refractivity contribution in [3.8, 4) is 0 Å². The van der Waals surface area contributed by atoms with Gasteiger partial charge in [0.2, 0.25) is 5.91 Å². The third-order valence-corrected chi connectivity index (χ3v) is 3.44. The molecule has 0 aliphatic heterocycles. The number of benzene rings is 1. The number of nitrogens with one attached hydrogen (secondary N) is 2. The van der Waals surface area contributed by atoms with E-state index in [4.69, 9.17) is 10.2 Å². The molecule has 0 aliphatic rings. The summed E-state index contributed by atoms with van der Waals surface area (Å²) in [5.41, 5.74) is 7.36. The quantitative estimate of drug-likeness (QED) is 0.760. The maximum Gasteiger partial charge on any atom is 0.291 e. The lowest BCUT2D eigenvalue weighted by atomic mass is 10.0. The van der Waals surface area contributed by atoms with Crippen molar-refractivity contribution in [1.29, 1.82) is 0 Å². The first kappa shape index (κ1) is 16.8. The van der Waals surface area contributed by atoms with E-state index in [1.54, 1.807) is 24.3 Å². The predicted octanol–water partition coefficient (Wildman–Crippen LogP) is 2.13. The van der Waals surface area contributed by atoms with E-state index < -0.39 is 6.04 Å². The summed E-state index contributed by atoms with van der Waals surface area (Å²) in [5.74, 6) is -0.132. The maximum absolute atomic E-state index is 11.8. The third-order valence-electron chi connectivity index (χ3n) is 3.44. The molecule has 23 heavy (non-hydrogen) atoms. The summed E-state index contributed by atoms with van der Waals surface area (Å²) in [6, 6.07) is 9.94. The summed E-state index contributed by atoms with van der Waals surface area (Å²) < 4.78 is 5.03. The molecule has 0 spiro atoms. The molecule has 0 aliphatic carbocycles. The van der Waals surface area contributed by atoms with Crippen LogP contribution in [0, 0.1) is 5.92 Å². The first-order valence-electron chi connectivity index (χ1n) is 7.44. The Bertz CT molecular complexity index is 648. The average molecular weight is 315 g/mol. The van der Waals surface area contributed by atoms with Crippen molar-refractivity contribution < 1.29 is 14.0 Å². The van der Waals surface area contributed by atoms with Crippen molar-refractivity contribution in [2.75, 3.05) is 5.32 Å². The molecule has 122 valence electrons. The van der Waals surface area contributed by atoms with E-state index in [0.717, 1.165) is 5.56 Å². The number of furan rings is 1. The molecule has 0 saturated carbocycles. The van der Waals surface area contributed by atoms with Gasteiger partial charge in [0, 0.05) is 12.2 Å². The first-order chi connectivity index (χ1) is 11.0. The molecule has 6 heteroatoms. The van der Waals surface area contributed by atoms with Crippen LogP contribution in [0.1, 0.15) is 30.0 Å². The van der Waals surface area contributed by atoms with Gasteiger partial charge in [-0.25, -0.2) is 0 Å². The molecule has 2 rings (SSSR count). The molecule has 1 aromatic carbocycles. The van der Waals surface area contributed by atoms with Gasteiger partial charge in [-0.2, -0.15) is 0 Å². The SMILES string of the molecule is CC(C)[C@H](N)C(=O)NCc1ccc(NC(=O)c2ccco2)cc1. The largest absolute Gasteiger partial charge is 0.459 e. The number of amides is 2. The Balaban J connectivity index is 1.87. The molecule has 1 aromatic heterocycles. The van der Waals surface area contributed by atoms with Gasteiger partial charge in [-0.05, 0) is 35.7 Å². The van der Waals surface area contributed by atoms with Crippen molar-refractivity contribution in [2.45, 2.75) is 26.4 Å². The molecule has 0 fully saturated rings. The van der Waals surface area contributed by atoms with Crippen LogP contribution in [-0.4, -0.2) is 17.9 Å². The Morgan fingerprint density at radius 2 is 1.87 bits per heavy atom. The lowest BCUT2D eigenvalue weighted by molar-refractivity contribution is -0.123. The molecule has 0 bridgehead atoms. The Kier molecular flexibility index (Phi) is 5.54. The fourth-order valence-corrected chi connectivity index (χ4v) is 1.92. The number of carbonyl (C=O) groups excluding carboxylic acids is 2. The summed E-state index contributed by atoms with van der Waals surface area (Å²) in [6.07, 6.45) is 1.45. The number of rotatable bonds is 6. The maximum atomic E-state index is 11.8. The van der Waals surface area contributed by atoms with Crippen LogP contribution in [0.5, 0.6) is 0 Å². The summed E-state index contributed by atoms with van der Waals surface area (Å²) in [4.78, 5) is 23.6. The smallest absolute Gasteiger partial charge is 0.291 e. The molecule has 6 nitrogen and oxygen atoms in total. The molecule has 4 N–H and O–H groups in total. The summed E-state index contributed by atoms with van der Waals surface area (Å²) >= 11 is 0. The van der Waals surface area contributed by atoms with Crippen LogP contribution in [0.3, 0.4) is 0 Å². The van der Waals surface area contributed by atoms with Crippen LogP contribution in [0.4, 0.5) is 5.69 Å². The van der Waals surface area contributed by atoms with Crippen molar-refractivity contribution in [2.24, 2.45) is 11.7 Å². The molecule has 1 atom stereocenters. The second-order valence-electron chi connectivity index (χ2n) is 5.62. The van der Waals surface area contributed by atoms with Gasteiger partial charge in [0.05, 0.1) is 12.3 Å². The third kappa shape index (κ3) is 4.69. The van der Waals surface area contributed by atoms with Gasteiger partial charge < -0.3 is 20.8 Å². The highest BCUT2D eigenvalue weighted by Crippen LogP contribution is 2.12. The average Bonchev–Trinajstić information content (AvgIpc) is 3.07. The van der Waals surface area contributed by atoms with Crippen molar-refractivity contribution in [3.63, 3.8) is 0 Å². The molecule has 2 amide bonds. The zero-order valence-electron chi connectivity index (χ0n) is 13.2. The van der Waals surface area contributed by atoms with Crippen molar-refractivity contribution >= 4 is 17.5 Å². The summed E-state index contributed by atoms with van der Waals surface area (Å²) in [5, 5.41) is 5.53. The number of hydrogen-bond acceptors (Lipinski definition) is 4. The fourth-order valence-electron chi connectivity index (χ4n) is 1.92. The first-order valence-corrected chi connectivity index (χ1v) is 7.44. The Morgan fingerprint density at radius 1 is 1.17 bits per heavy atom. The monoisotopic (exact) mass is 315 g/mol. The zero-order chi connectivity index (χ0) is 16.8. The number of nitrogens with two attached hydrogens (primary N) is 1. The normalized spacial score (nSPS) is 12.0. The van der Waals surface area contributed by atoms with Crippen LogP contribution in [0.2, 0.25) is 0 Å². The van der Waals surface area contributed by atoms with Gasteiger partial charge in [-0.1, -0.05) is 26.0 Å². The van der Waals surface area contributed by atoms with Crippen molar-refractivity contribution in [1.82, 2.24) is 5.32 Å². The van der Waals surface area contributed by atoms with Gasteiger partial charge in [0.15, 0.2) is 5.76 Å². The van der Waals surface area contributed by atoms with Gasteiger partial charge in [-0.3, -0.25) is 9.59 Å². The lowest BCUT2D eigenvalue weighted by Crippen LogP contribution is -2.43. The number of hydrogen-bond donors (Lipinski definition) is 3. The van der Waals surface area contributed by atoms with E-state index >= 15 is 0 Å². The number of anilines is 1. The topological polar surface area (TPSA) is 97.4 Å². The van der Waals surface area contributed by atoms with Crippen LogP contribution >= 0.6 is 0 Å². The molecule has 1 heterocycles. The van der Waals surface area contributed by atoms with Crippen LogP contribution in [-0.2, 0) is 11.3 Å². The Morgan fingerprint density at radius 3 is 2.43 bits per heavy atom. The molecule has 0 saturated heterocycles. The standard InChI is InChI=1S/C17H21N3O3/c1-11(2)15(18)17(22)19-10-12-5-7-13(8-6-12)20-16(21)14-4-3-9-23-14/h3-9,11,15H,10,18H2,1-2H3,(H,19,22)(H,20,21)/t15-/m0/s1. The Labute approximate surface area is 135 Å². The summed E-state index contributed by atoms with van der Waals surface area (Å²) in [6.45, 7) is 4.20. The van der Waals surface area contributed by atoms with E-state index in [1.807, 2.05) is 26.0 Å². The van der Waals surface area contributed by atoms with Crippen LogP contribution < -0.4 is 16.4 Å². The van der Waals surface area contributed by atoms with Crippen LogP contribution in [0.25, 0.3) is 0 Å². The van der Waals surface area contributed by atoms with Crippen molar-refractivity contribution in [3.05, 3.63) is 54.0 Å². The highest BCUT2D eigenvalue weighted by molar-refractivity contribution is 6.02. The van der Waals surface area contributed by atoms with E-state index in [9.17, 15) is 9.59 Å². The minimum atomic E-state index is -0.512. The molecule has 0 unspecified atom stereocenters. The zero-order valence-corrected chi connectivity index (χ0v) is 13.2. The highest BCUT2D eigenvalue weighted by atomic mass is 16.3. The van der Waals surface area contributed by atoms with Gasteiger partial charge in [0.1, 0.15) is 0 Å².